The monoisotopic (exact) mass is 447 g/mol. The lowest BCUT2D eigenvalue weighted by atomic mass is 9.97. The lowest BCUT2D eigenvalue weighted by molar-refractivity contribution is -0.133. The number of amides is 1. The molecule has 4 rings (SSSR count). The van der Waals surface area contributed by atoms with Crippen LogP contribution in [0.15, 0.2) is 59.6 Å². The molecule has 1 fully saturated rings. The van der Waals surface area contributed by atoms with Gasteiger partial charge in [0.15, 0.2) is 5.78 Å². The van der Waals surface area contributed by atoms with E-state index >= 15 is 0 Å². The van der Waals surface area contributed by atoms with Crippen LogP contribution in [-0.4, -0.2) is 53.7 Å². The number of rotatable bonds is 5. The van der Waals surface area contributed by atoms with Crippen LogP contribution in [0.3, 0.4) is 0 Å². The van der Waals surface area contributed by atoms with Crippen LogP contribution in [0.2, 0.25) is 0 Å². The highest BCUT2D eigenvalue weighted by Gasteiger charge is 2.37. The number of nitrogens with one attached hydrogen (secondary N) is 2. The van der Waals surface area contributed by atoms with Crippen molar-refractivity contribution in [2.45, 2.75) is 31.2 Å². The number of carbonyl (C=O) groups excluding carboxylic acids is 2. The van der Waals surface area contributed by atoms with Gasteiger partial charge in [-0.3, -0.25) is 14.6 Å². The summed E-state index contributed by atoms with van der Waals surface area (Å²) in [6, 6.07) is 14.3. The number of nitrogens with two attached hydrogens (primary N) is 1. The number of hydrazine groups is 1. The third kappa shape index (κ3) is 4.90. The molecule has 2 aromatic carbocycles. The van der Waals surface area contributed by atoms with Gasteiger partial charge in [0.2, 0.25) is 5.91 Å². The molecule has 8 heteroatoms. The third-order valence-corrected chi connectivity index (χ3v) is 6.18. The molecule has 1 amide bonds. The first-order valence-corrected chi connectivity index (χ1v) is 11.1. The number of fused-ring (bicyclic) bond motifs is 1. The van der Waals surface area contributed by atoms with Crippen LogP contribution in [0.4, 0.5) is 0 Å². The molecule has 0 radical (unpaired) electrons. The van der Waals surface area contributed by atoms with E-state index in [9.17, 15) is 14.7 Å². The number of carbonyl (C=O) groups is 2. The van der Waals surface area contributed by atoms with E-state index in [0.29, 0.717) is 48.6 Å². The van der Waals surface area contributed by atoms with Gasteiger partial charge in [-0.2, -0.15) is 0 Å². The van der Waals surface area contributed by atoms with Crippen molar-refractivity contribution in [3.05, 3.63) is 71.3 Å². The van der Waals surface area contributed by atoms with Gasteiger partial charge in [-0.15, -0.1) is 0 Å². The summed E-state index contributed by atoms with van der Waals surface area (Å²) in [5.41, 5.74) is 14.5. The van der Waals surface area contributed by atoms with Gasteiger partial charge >= 0.3 is 0 Å². The molecule has 0 aromatic heterocycles. The maximum absolute atomic E-state index is 13.1. The van der Waals surface area contributed by atoms with Crippen molar-refractivity contribution in [3.63, 3.8) is 0 Å². The van der Waals surface area contributed by atoms with Crippen molar-refractivity contribution in [3.8, 4) is 5.75 Å². The number of para-hydroxylation sites is 1. The summed E-state index contributed by atoms with van der Waals surface area (Å²) >= 11 is 0. The highest BCUT2D eigenvalue weighted by atomic mass is 16.3. The molecule has 0 bridgehead atoms. The molecule has 0 saturated carbocycles. The predicted molar refractivity (Wildman–Crippen MR) is 128 cm³/mol. The Morgan fingerprint density at radius 1 is 1.15 bits per heavy atom. The van der Waals surface area contributed by atoms with Gasteiger partial charge in [-0.1, -0.05) is 36.4 Å². The summed E-state index contributed by atoms with van der Waals surface area (Å²) in [5, 5.41) is 10.0. The summed E-state index contributed by atoms with van der Waals surface area (Å²) in [7, 11) is 1.74. The van der Waals surface area contributed by atoms with Crippen molar-refractivity contribution >= 4 is 23.2 Å². The van der Waals surface area contributed by atoms with Gasteiger partial charge in [-0.05, 0) is 30.5 Å². The second-order valence-corrected chi connectivity index (χ2v) is 8.33. The number of ketones is 1. The number of amidine groups is 1. The first-order chi connectivity index (χ1) is 16.0. The fourth-order valence-corrected chi connectivity index (χ4v) is 4.49. The number of aromatic hydroxyl groups is 1. The zero-order chi connectivity index (χ0) is 23.4. The third-order valence-electron chi connectivity index (χ3n) is 6.18. The van der Waals surface area contributed by atoms with E-state index in [1.807, 2.05) is 23.1 Å². The molecular formula is C25H29N5O3. The summed E-state index contributed by atoms with van der Waals surface area (Å²) in [4.78, 5) is 32.0. The van der Waals surface area contributed by atoms with Gasteiger partial charge in [-0.25, -0.2) is 5.43 Å². The minimum absolute atomic E-state index is 0.0213. The molecule has 172 valence electrons. The zero-order valence-electron chi connectivity index (χ0n) is 18.6. The number of hydrogen-bond donors (Lipinski definition) is 4. The Morgan fingerprint density at radius 2 is 1.85 bits per heavy atom. The Kier molecular flexibility index (Phi) is 6.74. The molecule has 1 saturated heterocycles. The molecule has 5 N–H and O–H groups in total. The number of Topliss-reactive ketones (excluding diaryl/α,β-unsaturated/α-hetero) is 1. The van der Waals surface area contributed by atoms with Crippen LogP contribution >= 0.6 is 0 Å². The average Bonchev–Trinajstić information content (AvgIpc) is 3.16. The summed E-state index contributed by atoms with van der Waals surface area (Å²) < 4.78 is 0. The molecule has 2 aliphatic rings. The maximum Gasteiger partial charge on any atom is 0.230 e. The number of phenolic OH excluding ortho intramolecular Hbond substituents is 1. The second kappa shape index (κ2) is 9.87. The Morgan fingerprint density at radius 3 is 2.58 bits per heavy atom. The van der Waals surface area contributed by atoms with E-state index in [0.717, 1.165) is 5.56 Å². The first kappa shape index (κ1) is 22.5. The predicted octanol–water partition coefficient (Wildman–Crippen LogP) is 2.18. The van der Waals surface area contributed by atoms with Crippen LogP contribution in [0.5, 0.6) is 5.75 Å². The van der Waals surface area contributed by atoms with Crippen molar-refractivity contribution in [1.29, 1.82) is 0 Å². The molecule has 1 aliphatic heterocycles. The van der Waals surface area contributed by atoms with Crippen LogP contribution in [0.25, 0.3) is 5.70 Å². The fraction of sp³-hybridized carbons (Fsp3) is 0.320. The van der Waals surface area contributed by atoms with Gasteiger partial charge in [0.05, 0.1) is 12.0 Å². The molecule has 1 unspecified atom stereocenters. The molecule has 2 aromatic rings. The number of aliphatic imine (C=N–C) groups is 1. The molecule has 0 spiro atoms. The largest absolute Gasteiger partial charge is 0.507 e. The standard InChI is InChI=1S/C25H29N5O3/c1-27-29-24(15-21(26)19-8-4-5-9-22(19)31)28-16-10-12-30(13-11-16)25(33)20-14-23(32)18-7-3-2-6-17(18)20/h2-9,15-16,20,27,31H,10-14,26H2,1H3,(H,28,29). The van der Waals surface area contributed by atoms with Crippen LogP contribution in [0.1, 0.15) is 46.7 Å². The molecular weight excluding hydrogens is 418 g/mol. The Bertz CT molecular complexity index is 1100. The fourth-order valence-electron chi connectivity index (χ4n) is 4.49. The van der Waals surface area contributed by atoms with E-state index in [1.54, 1.807) is 43.5 Å². The molecule has 1 aliphatic carbocycles. The van der Waals surface area contributed by atoms with E-state index in [1.165, 1.54) is 0 Å². The van der Waals surface area contributed by atoms with Gasteiger partial charge in [0.25, 0.3) is 0 Å². The van der Waals surface area contributed by atoms with Crippen LogP contribution in [-0.2, 0) is 4.79 Å². The second-order valence-electron chi connectivity index (χ2n) is 8.33. The zero-order valence-corrected chi connectivity index (χ0v) is 18.6. The van der Waals surface area contributed by atoms with Crippen LogP contribution in [0, 0.1) is 0 Å². The SMILES string of the molecule is CNNC(C=C(N)c1ccccc1O)=NC1CCN(C(=O)C2CC(=O)c3ccccc32)CC1. The number of hydrogen-bond acceptors (Lipinski definition) is 6. The van der Waals surface area contributed by atoms with Gasteiger partial charge in [0, 0.05) is 49.5 Å². The van der Waals surface area contributed by atoms with Crippen molar-refractivity contribution in [2.24, 2.45) is 10.7 Å². The molecule has 1 heterocycles. The number of piperidine rings is 1. The summed E-state index contributed by atoms with van der Waals surface area (Å²) in [6.45, 7) is 1.18. The lowest BCUT2D eigenvalue weighted by Crippen LogP contribution is -2.42. The topological polar surface area (TPSA) is 120 Å². The normalized spacial score (nSPS) is 19.5. The molecule has 33 heavy (non-hydrogen) atoms. The molecule has 1 atom stereocenters. The minimum Gasteiger partial charge on any atom is -0.507 e. The summed E-state index contributed by atoms with van der Waals surface area (Å²) in [5.74, 6) is 0.344. The minimum atomic E-state index is -0.378. The number of nitrogens with zero attached hydrogens (tertiary/aromatic N) is 2. The van der Waals surface area contributed by atoms with Gasteiger partial charge < -0.3 is 21.2 Å². The summed E-state index contributed by atoms with van der Waals surface area (Å²) in [6.07, 6.45) is 3.37. The van der Waals surface area contributed by atoms with Gasteiger partial charge in [0.1, 0.15) is 11.6 Å². The Labute approximate surface area is 193 Å². The Hall–Kier alpha value is -3.65. The highest BCUT2D eigenvalue weighted by Crippen LogP contribution is 2.35. The van der Waals surface area contributed by atoms with Crippen molar-refractivity contribution in [2.75, 3.05) is 20.1 Å². The first-order valence-electron chi connectivity index (χ1n) is 11.1. The van der Waals surface area contributed by atoms with E-state index in [-0.39, 0.29) is 35.8 Å². The molecule has 8 nitrogen and oxygen atoms in total. The van der Waals surface area contributed by atoms with E-state index < -0.39 is 0 Å². The maximum atomic E-state index is 13.1. The van der Waals surface area contributed by atoms with E-state index in [2.05, 4.69) is 10.9 Å². The quantitative estimate of drug-likeness (QED) is 0.317. The number of phenols is 1. The smallest absolute Gasteiger partial charge is 0.230 e. The number of benzene rings is 2. The van der Waals surface area contributed by atoms with E-state index in [4.69, 9.17) is 10.7 Å². The Balaban J connectivity index is 1.42. The van der Waals surface area contributed by atoms with Crippen molar-refractivity contribution < 1.29 is 14.7 Å². The van der Waals surface area contributed by atoms with Crippen molar-refractivity contribution in [1.82, 2.24) is 15.8 Å². The highest BCUT2D eigenvalue weighted by molar-refractivity contribution is 6.06. The lowest BCUT2D eigenvalue weighted by Gasteiger charge is -2.32. The number of likely N-dealkylation sites (tertiary alicyclic amines) is 1. The van der Waals surface area contributed by atoms with Crippen LogP contribution < -0.4 is 16.6 Å². The average molecular weight is 448 g/mol.